The third-order valence-corrected chi connectivity index (χ3v) is 5.17. The number of nitro groups is 4. The molecule has 0 aliphatic carbocycles. The smallest absolute Gasteiger partial charge is 0.258 e. The summed E-state index contributed by atoms with van der Waals surface area (Å²) in [5.74, 6) is 0. The van der Waals surface area contributed by atoms with Crippen molar-refractivity contribution in [2.24, 2.45) is 0 Å². The summed E-state index contributed by atoms with van der Waals surface area (Å²) in [5, 5.41) is 44.7. The van der Waals surface area contributed by atoms with Crippen LogP contribution in [0.1, 0.15) is 22.3 Å². The summed E-state index contributed by atoms with van der Waals surface area (Å²) in [7, 11) is 0. The van der Waals surface area contributed by atoms with Crippen LogP contribution in [0, 0.1) is 54.3 Å². The van der Waals surface area contributed by atoms with E-state index in [1.165, 1.54) is 13.8 Å². The van der Waals surface area contributed by atoms with E-state index >= 15 is 0 Å². The monoisotopic (exact) mass is 444 g/mol. The van der Waals surface area contributed by atoms with Crippen molar-refractivity contribution in [3.8, 4) is 0 Å². The molecule has 12 nitrogen and oxygen atoms in total. The van der Waals surface area contributed by atoms with Crippen molar-refractivity contribution in [2.75, 3.05) is 0 Å². The summed E-state index contributed by atoms with van der Waals surface area (Å²) in [6, 6.07) is 1.62. The molecule has 152 valence electrons. The van der Waals surface area contributed by atoms with E-state index in [4.69, 9.17) is 23.2 Å². The average molecular weight is 445 g/mol. The fourth-order valence-electron chi connectivity index (χ4n) is 2.82. The van der Waals surface area contributed by atoms with Crippen LogP contribution in [0.2, 0.25) is 10.0 Å². The largest absolute Gasteiger partial charge is 0.298 e. The van der Waals surface area contributed by atoms with Crippen molar-refractivity contribution in [2.45, 2.75) is 20.3 Å². The fraction of sp³-hybridized carbons (Fsp3) is 0.200. The number of nitro benzene ring substituents is 4. The first-order chi connectivity index (χ1) is 13.4. The van der Waals surface area contributed by atoms with Gasteiger partial charge in [0.2, 0.25) is 0 Å². The molecule has 0 saturated heterocycles. The Morgan fingerprint density at radius 2 is 1.21 bits per heavy atom. The third-order valence-electron chi connectivity index (χ3n) is 4.22. The van der Waals surface area contributed by atoms with Gasteiger partial charge in [0, 0.05) is 18.1 Å². The molecule has 0 saturated carbocycles. The SMILES string of the molecule is Cc1cc([N+](=O)[O-])c(Cc2c([N+](=O)[O-])cc([N+](=O)[O-])c(Cl)c2C)c([N+](=O)[O-])c1Cl. The normalized spacial score (nSPS) is 10.6. The minimum Gasteiger partial charge on any atom is -0.258 e. The van der Waals surface area contributed by atoms with Gasteiger partial charge in [-0.2, -0.15) is 0 Å². The molecule has 0 spiro atoms. The standard InChI is InChI=1S/C15H10Cl2N4O8/c1-6-3-10(18(22)23)9(15(13(6)16)21(28)29)4-8-7(2)14(17)12(20(26)27)5-11(8)19(24)25/h3,5H,4H2,1-2H3. The van der Waals surface area contributed by atoms with Crippen molar-refractivity contribution in [3.63, 3.8) is 0 Å². The van der Waals surface area contributed by atoms with Crippen molar-refractivity contribution in [3.05, 3.63) is 84.9 Å². The molecule has 2 rings (SSSR count). The molecule has 0 aliphatic heterocycles. The second-order valence-electron chi connectivity index (χ2n) is 5.89. The average Bonchev–Trinajstić information content (AvgIpc) is 2.60. The zero-order chi connectivity index (χ0) is 22.2. The molecule has 2 aromatic rings. The second kappa shape index (κ2) is 7.93. The predicted octanol–water partition coefficient (Wildman–Crippen LogP) is 4.83. The zero-order valence-electron chi connectivity index (χ0n) is 14.7. The summed E-state index contributed by atoms with van der Waals surface area (Å²) in [6.07, 6.45) is -0.660. The van der Waals surface area contributed by atoms with Gasteiger partial charge in [0.25, 0.3) is 22.7 Å². The number of halogens is 2. The van der Waals surface area contributed by atoms with Gasteiger partial charge in [-0.25, -0.2) is 0 Å². The minimum absolute atomic E-state index is 0.0711. The lowest BCUT2D eigenvalue weighted by Crippen LogP contribution is -2.08. The van der Waals surface area contributed by atoms with Gasteiger partial charge in [-0.1, -0.05) is 23.2 Å². The molecule has 0 aromatic heterocycles. The molecule has 0 amide bonds. The van der Waals surface area contributed by atoms with Crippen molar-refractivity contribution in [1.82, 2.24) is 0 Å². The first kappa shape index (κ1) is 21.9. The number of benzene rings is 2. The first-order valence-electron chi connectivity index (χ1n) is 7.59. The molecule has 0 N–H and O–H groups in total. The molecule has 0 fully saturated rings. The lowest BCUT2D eigenvalue weighted by molar-refractivity contribution is -0.396. The van der Waals surface area contributed by atoms with Gasteiger partial charge in [-0.15, -0.1) is 0 Å². The van der Waals surface area contributed by atoms with E-state index in [2.05, 4.69) is 0 Å². The Morgan fingerprint density at radius 3 is 1.66 bits per heavy atom. The van der Waals surface area contributed by atoms with E-state index in [0.29, 0.717) is 6.07 Å². The number of rotatable bonds is 6. The molecular formula is C15H10Cl2N4O8. The lowest BCUT2D eigenvalue weighted by Gasteiger charge is -2.11. The van der Waals surface area contributed by atoms with Gasteiger partial charge in [0.1, 0.15) is 15.6 Å². The Hall–Kier alpha value is -3.38. The molecule has 0 bridgehead atoms. The Kier molecular flexibility index (Phi) is 5.99. The molecule has 0 aliphatic rings. The summed E-state index contributed by atoms with van der Waals surface area (Å²) in [5.41, 5.74) is -3.68. The molecule has 2 aromatic carbocycles. The van der Waals surface area contributed by atoms with Crippen LogP contribution in [0.5, 0.6) is 0 Å². The van der Waals surface area contributed by atoms with E-state index in [0.717, 1.165) is 6.07 Å². The highest BCUT2D eigenvalue weighted by atomic mass is 35.5. The maximum Gasteiger partial charge on any atom is 0.298 e. The summed E-state index contributed by atoms with van der Waals surface area (Å²) >= 11 is 11.9. The highest BCUT2D eigenvalue weighted by molar-refractivity contribution is 6.34. The molecular weight excluding hydrogens is 435 g/mol. The lowest BCUT2D eigenvalue weighted by atomic mass is 9.94. The zero-order valence-corrected chi connectivity index (χ0v) is 16.2. The van der Waals surface area contributed by atoms with E-state index in [9.17, 15) is 40.5 Å². The van der Waals surface area contributed by atoms with Crippen molar-refractivity contribution in [1.29, 1.82) is 0 Å². The van der Waals surface area contributed by atoms with E-state index in [-0.39, 0.29) is 21.7 Å². The van der Waals surface area contributed by atoms with Gasteiger partial charge in [-0.3, -0.25) is 40.5 Å². The fourth-order valence-corrected chi connectivity index (χ4v) is 3.29. The molecule has 0 radical (unpaired) electrons. The number of hydrogen-bond acceptors (Lipinski definition) is 8. The number of nitrogens with zero attached hydrogens (tertiary/aromatic N) is 4. The van der Waals surface area contributed by atoms with E-state index < -0.39 is 59.4 Å². The van der Waals surface area contributed by atoms with Crippen LogP contribution in [0.4, 0.5) is 22.7 Å². The van der Waals surface area contributed by atoms with Gasteiger partial charge in [-0.05, 0) is 25.0 Å². The third kappa shape index (κ3) is 3.93. The van der Waals surface area contributed by atoms with Gasteiger partial charge < -0.3 is 0 Å². The molecule has 0 heterocycles. The molecule has 14 heteroatoms. The molecule has 0 unspecified atom stereocenters. The maximum absolute atomic E-state index is 11.5. The Balaban J connectivity index is 2.91. The number of aryl methyl sites for hydroxylation is 1. The number of hydrogen-bond donors (Lipinski definition) is 0. The summed E-state index contributed by atoms with van der Waals surface area (Å²) in [4.78, 5) is 41.9. The Labute approximate surface area is 171 Å². The van der Waals surface area contributed by atoms with Crippen LogP contribution in [0.15, 0.2) is 12.1 Å². The highest BCUT2D eigenvalue weighted by Gasteiger charge is 2.34. The van der Waals surface area contributed by atoms with Gasteiger partial charge >= 0.3 is 0 Å². The highest BCUT2D eigenvalue weighted by Crippen LogP contribution is 2.43. The maximum atomic E-state index is 11.5. The quantitative estimate of drug-likeness (QED) is 0.449. The Morgan fingerprint density at radius 1 is 0.724 bits per heavy atom. The predicted molar refractivity (Wildman–Crippen MR) is 102 cm³/mol. The molecule has 29 heavy (non-hydrogen) atoms. The van der Waals surface area contributed by atoms with Crippen LogP contribution in [0.25, 0.3) is 0 Å². The summed E-state index contributed by atoms with van der Waals surface area (Å²) in [6.45, 7) is 2.58. The second-order valence-corrected chi connectivity index (χ2v) is 6.65. The van der Waals surface area contributed by atoms with Crippen LogP contribution >= 0.6 is 23.2 Å². The van der Waals surface area contributed by atoms with Gasteiger partial charge in [0.15, 0.2) is 0 Å². The minimum atomic E-state index is -0.931. The Bertz CT molecular complexity index is 1100. The topological polar surface area (TPSA) is 173 Å². The van der Waals surface area contributed by atoms with Crippen LogP contribution in [0.3, 0.4) is 0 Å². The van der Waals surface area contributed by atoms with Crippen LogP contribution < -0.4 is 0 Å². The van der Waals surface area contributed by atoms with Crippen molar-refractivity contribution < 1.29 is 19.7 Å². The van der Waals surface area contributed by atoms with Gasteiger partial charge in [0.05, 0.1) is 25.8 Å². The van der Waals surface area contributed by atoms with E-state index in [1.54, 1.807) is 0 Å². The first-order valence-corrected chi connectivity index (χ1v) is 8.35. The van der Waals surface area contributed by atoms with E-state index in [1.807, 2.05) is 0 Å². The van der Waals surface area contributed by atoms with Crippen LogP contribution in [-0.4, -0.2) is 19.7 Å². The van der Waals surface area contributed by atoms with Crippen LogP contribution in [-0.2, 0) is 6.42 Å². The summed E-state index contributed by atoms with van der Waals surface area (Å²) < 4.78 is 0. The molecule has 0 atom stereocenters. The van der Waals surface area contributed by atoms with Crippen molar-refractivity contribution >= 4 is 46.0 Å².